The number of hydrogen-bond acceptors (Lipinski definition) is 2. The quantitative estimate of drug-likeness (QED) is 0.671. The molecule has 0 atom stereocenters. The molecule has 0 aromatic rings. The molecule has 0 N–H and O–H groups in total. The average molecular weight is 220 g/mol. The Hall–Kier alpha value is -0.220. The van der Waals surface area contributed by atoms with E-state index < -0.39 is 6.55 Å². The Labute approximate surface area is 91.2 Å². The van der Waals surface area contributed by atoms with E-state index in [4.69, 9.17) is 0 Å². The molecule has 1 rings (SSSR count). The van der Waals surface area contributed by atoms with Gasteiger partial charge in [0.15, 0.2) is 0 Å². The molecule has 1 aliphatic heterocycles. The Morgan fingerprint density at radius 1 is 1.27 bits per heavy atom. The van der Waals surface area contributed by atoms with E-state index in [9.17, 15) is 8.78 Å². The lowest BCUT2D eigenvalue weighted by Crippen LogP contribution is -2.49. The third-order valence-corrected chi connectivity index (χ3v) is 3.25. The van der Waals surface area contributed by atoms with E-state index in [2.05, 4.69) is 11.8 Å². The highest BCUT2D eigenvalue weighted by Gasteiger charge is 2.30. The van der Waals surface area contributed by atoms with Gasteiger partial charge in [-0.3, -0.25) is 0 Å². The Morgan fingerprint density at radius 2 is 1.80 bits per heavy atom. The fourth-order valence-electron chi connectivity index (χ4n) is 2.34. The minimum atomic E-state index is -2.32. The molecule has 0 radical (unpaired) electrons. The van der Waals surface area contributed by atoms with E-state index >= 15 is 0 Å². The van der Waals surface area contributed by atoms with Gasteiger partial charge in [0.2, 0.25) is 0 Å². The lowest BCUT2D eigenvalue weighted by molar-refractivity contribution is -0.0848. The number of likely N-dealkylation sites (tertiary alicyclic amines) is 1. The number of piperidine rings is 1. The zero-order valence-corrected chi connectivity index (χ0v) is 9.92. The van der Waals surface area contributed by atoms with E-state index in [1.54, 1.807) is 0 Å². The molecule has 0 bridgehead atoms. The maximum absolute atomic E-state index is 12.8. The van der Waals surface area contributed by atoms with Crippen LogP contribution >= 0.6 is 0 Å². The number of nitrogens with zero attached hydrogens (tertiary/aromatic N) is 2. The van der Waals surface area contributed by atoms with E-state index in [-0.39, 0.29) is 12.1 Å². The molecule has 4 heteroatoms. The predicted octanol–water partition coefficient (Wildman–Crippen LogP) is 2.40. The fraction of sp³-hybridized carbons (Fsp3) is 1.00. The number of hydrogen-bond donors (Lipinski definition) is 0. The van der Waals surface area contributed by atoms with Crippen LogP contribution in [-0.4, -0.2) is 48.1 Å². The summed E-state index contributed by atoms with van der Waals surface area (Å²) < 4.78 is 25.7. The summed E-state index contributed by atoms with van der Waals surface area (Å²) >= 11 is 0. The molecule has 90 valence electrons. The summed E-state index contributed by atoms with van der Waals surface area (Å²) in [5, 5.41) is 0. The first kappa shape index (κ1) is 12.8. The van der Waals surface area contributed by atoms with Crippen molar-refractivity contribution in [2.24, 2.45) is 0 Å². The second-order valence-electron chi connectivity index (χ2n) is 4.48. The largest absolute Gasteiger partial charge is 0.303 e. The molecule has 1 heterocycles. The summed E-state index contributed by atoms with van der Waals surface area (Å²) in [5.41, 5.74) is 0. The molecule has 1 fully saturated rings. The van der Waals surface area contributed by atoms with Crippen LogP contribution in [0.2, 0.25) is 0 Å². The second-order valence-corrected chi connectivity index (χ2v) is 4.48. The highest BCUT2D eigenvalue weighted by Crippen LogP contribution is 2.22. The molecule has 0 aromatic carbocycles. The van der Waals surface area contributed by atoms with Crippen LogP contribution in [0.1, 0.15) is 33.6 Å². The van der Waals surface area contributed by atoms with Crippen LogP contribution in [0.5, 0.6) is 0 Å². The van der Waals surface area contributed by atoms with E-state index in [0.29, 0.717) is 0 Å². The van der Waals surface area contributed by atoms with Crippen molar-refractivity contribution in [1.29, 1.82) is 0 Å². The lowest BCUT2D eigenvalue weighted by Gasteiger charge is -2.39. The fourth-order valence-corrected chi connectivity index (χ4v) is 2.34. The van der Waals surface area contributed by atoms with Crippen molar-refractivity contribution >= 4 is 0 Å². The van der Waals surface area contributed by atoms with Gasteiger partial charge in [-0.05, 0) is 46.3 Å². The van der Waals surface area contributed by atoms with Crippen LogP contribution in [0.3, 0.4) is 0 Å². The minimum Gasteiger partial charge on any atom is -0.303 e. The molecular weight excluding hydrogens is 198 g/mol. The Morgan fingerprint density at radius 3 is 2.13 bits per heavy atom. The predicted molar refractivity (Wildman–Crippen MR) is 58.1 cm³/mol. The maximum atomic E-state index is 12.8. The lowest BCUT2D eigenvalue weighted by atomic mass is 10.0. The third-order valence-electron chi connectivity index (χ3n) is 3.25. The molecule has 1 saturated heterocycles. The van der Waals surface area contributed by atoms with Gasteiger partial charge in [0.25, 0.3) is 6.55 Å². The average Bonchev–Trinajstić information content (AvgIpc) is 2.18. The summed E-state index contributed by atoms with van der Waals surface area (Å²) in [7, 11) is 0. The van der Waals surface area contributed by atoms with Gasteiger partial charge in [-0.2, -0.15) is 8.78 Å². The summed E-state index contributed by atoms with van der Waals surface area (Å²) in [6.07, 6.45) is 1.74. The molecule has 0 spiro atoms. The first-order valence-electron chi connectivity index (χ1n) is 5.84. The number of alkyl halides is 2. The summed E-state index contributed by atoms with van der Waals surface area (Å²) in [4.78, 5) is 3.67. The minimum absolute atomic E-state index is 0.0628. The first-order valence-corrected chi connectivity index (χ1v) is 5.84. The zero-order valence-electron chi connectivity index (χ0n) is 9.92. The molecule has 2 nitrogen and oxygen atoms in total. The van der Waals surface area contributed by atoms with Gasteiger partial charge in [-0.15, -0.1) is 0 Å². The summed E-state index contributed by atoms with van der Waals surface area (Å²) in [5.74, 6) is 0. The van der Waals surface area contributed by atoms with Crippen LogP contribution in [0.15, 0.2) is 0 Å². The van der Waals surface area contributed by atoms with E-state index in [1.807, 2.05) is 13.8 Å². The highest BCUT2D eigenvalue weighted by molar-refractivity contribution is 4.80. The van der Waals surface area contributed by atoms with Gasteiger partial charge in [0.05, 0.1) is 0 Å². The molecule has 0 amide bonds. The van der Waals surface area contributed by atoms with Crippen molar-refractivity contribution in [1.82, 2.24) is 9.80 Å². The number of rotatable bonds is 4. The van der Waals surface area contributed by atoms with Gasteiger partial charge >= 0.3 is 0 Å². The zero-order chi connectivity index (χ0) is 11.4. The molecule has 1 aliphatic rings. The van der Waals surface area contributed by atoms with Crippen molar-refractivity contribution < 1.29 is 8.78 Å². The summed E-state index contributed by atoms with van der Waals surface area (Å²) in [6.45, 7) is 6.44. The van der Waals surface area contributed by atoms with Crippen molar-refractivity contribution in [2.45, 2.75) is 52.2 Å². The first-order chi connectivity index (χ1) is 7.06. The van der Waals surface area contributed by atoms with Crippen LogP contribution in [0, 0.1) is 0 Å². The van der Waals surface area contributed by atoms with Crippen molar-refractivity contribution in [3.63, 3.8) is 0 Å². The van der Waals surface area contributed by atoms with Crippen molar-refractivity contribution in [3.05, 3.63) is 0 Å². The van der Waals surface area contributed by atoms with Gasteiger partial charge < -0.3 is 4.90 Å². The molecular formula is C11H22F2N2. The van der Waals surface area contributed by atoms with Crippen LogP contribution < -0.4 is 0 Å². The molecule has 0 unspecified atom stereocenters. The Kier molecular flexibility index (Phi) is 4.93. The number of halogens is 2. The third kappa shape index (κ3) is 3.38. The standard InChI is InChI=1S/C11H22F2N2/c1-4-14-7-5-10(6-8-14)15(9(2)3)11(12)13/h9-11H,4-8H2,1-3H3. The SMILES string of the molecule is CCN1CCC(N(C(C)C)C(F)F)CC1. The molecule has 0 aliphatic carbocycles. The van der Waals surface area contributed by atoms with Crippen molar-refractivity contribution in [2.75, 3.05) is 19.6 Å². The van der Waals surface area contributed by atoms with E-state index in [0.717, 1.165) is 32.5 Å². The van der Waals surface area contributed by atoms with Gasteiger partial charge in [-0.1, -0.05) is 6.92 Å². The van der Waals surface area contributed by atoms with Crippen LogP contribution in [0.4, 0.5) is 8.78 Å². The van der Waals surface area contributed by atoms with Gasteiger partial charge in [-0.25, -0.2) is 4.90 Å². The monoisotopic (exact) mass is 220 g/mol. The normalized spacial score (nSPS) is 20.8. The topological polar surface area (TPSA) is 6.48 Å². The molecule has 0 aromatic heterocycles. The molecule has 0 saturated carbocycles. The van der Waals surface area contributed by atoms with E-state index in [1.165, 1.54) is 4.90 Å². The second kappa shape index (κ2) is 5.75. The van der Waals surface area contributed by atoms with Crippen molar-refractivity contribution in [3.8, 4) is 0 Å². The van der Waals surface area contributed by atoms with Crippen LogP contribution in [-0.2, 0) is 0 Å². The van der Waals surface area contributed by atoms with Gasteiger partial charge in [0, 0.05) is 12.1 Å². The Bertz CT molecular complexity index is 169. The van der Waals surface area contributed by atoms with Gasteiger partial charge in [0.1, 0.15) is 0 Å². The smallest absolute Gasteiger partial charge is 0.295 e. The van der Waals surface area contributed by atoms with Crippen LogP contribution in [0.25, 0.3) is 0 Å². The Balaban J connectivity index is 2.49. The maximum Gasteiger partial charge on any atom is 0.295 e. The highest BCUT2D eigenvalue weighted by atomic mass is 19.3. The molecule has 15 heavy (non-hydrogen) atoms. The summed E-state index contributed by atoms with van der Waals surface area (Å²) in [6, 6.07) is -0.00373.